The van der Waals surface area contributed by atoms with Gasteiger partial charge < -0.3 is 15.0 Å². The van der Waals surface area contributed by atoms with Crippen LogP contribution in [0.25, 0.3) is 0 Å². The van der Waals surface area contributed by atoms with Crippen LogP contribution in [0.15, 0.2) is 48.5 Å². The summed E-state index contributed by atoms with van der Waals surface area (Å²) < 4.78 is 6.38. The monoisotopic (exact) mass is 790 g/mol. The number of rotatable bonds is 7. The zero-order chi connectivity index (χ0) is 40.6. The molecule has 13 nitrogen and oxygen atoms in total. The third-order valence-electron chi connectivity index (χ3n) is 12.5. The van der Waals surface area contributed by atoms with Crippen LogP contribution in [0.1, 0.15) is 99.4 Å². The van der Waals surface area contributed by atoms with Crippen molar-refractivity contribution < 1.29 is 33.5 Å². The summed E-state index contributed by atoms with van der Waals surface area (Å²) >= 11 is 6.25. The first kappa shape index (κ1) is 38.3. The third-order valence-corrected chi connectivity index (χ3v) is 12.8. The van der Waals surface area contributed by atoms with Gasteiger partial charge in [0.05, 0.1) is 28.3 Å². The molecule has 1 saturated heterocycles. The molecule has 0 radical (unpaired) electrons. The molecule has 14 heteroatoms. The molecular formula is C43H43ClN6O7. The van der Waals surface area contributed by atoms with Crippen LogP contribution in [0.4, 0.5) is 0 Å². The number of nitrogens with one attached hydrogen (secondary N) is 2. The molecule has 3 aromatic carbocycles. The summed E-state index contributed by atoms with van der Waals surface area (Å²) in [5, 5.41) is 15.0. The second-order valence-electron chi connectivity index (χ2n) is 16.9. The fourth-order valence-corrected chi connectivity index (χ4v) is 9.93. The molecule has 1 aliphatic carbocycles. The molecule has 1 saturated carbocycles. The van der Waals surface area contributed by atoms with Gasteiger partial charge in [-0.3, -0.25) is 43.9 Å². The molecule has 3 aromatic rings. The zero-order valence-electron chi connectivity index (χ0n) is 32.2. The van der Waals surface area contributed by atoms with Crippen LogP contribution in [0.5, 0.6) is 5.75 Å². The number of nitriles is 1. The van der Waals surface area contributed by atoms with Crippen LogP contribution in [-0.4, -0.2) is 88.0 Å². The van der Waals surface area contributed by atoms with Gasteiger partial charge in [-0.05, 0) is 77.9 Å². The van der Waals surface area contributed by atoms with Crippen molar-refractivity contribution in [2.75, 3.05) is 19.6 Å². The summed E-state index contributed by atoms with van der Waals surface area (Å²) in [6, 6.07) is 15.0. The average molecular weight is 791 g/mol. The molecule has 6 amide bonds. The van der Waals surface area contributed by atoms with E-state index in [0.29, 0.717) is 54.5 Å². The molecule has 4 aliphatic heterocycles. The second-order valence-corrected chi connectivity index (χ2v) is 17.3. The first-order valence-electron chi connectivity index (χ1n) is 19.2. The van der Waals surface area contributed by atoms with Crippen molar-refractivity contribution in [1.82, 2.24) is 25.3 Å². The molecule has 8 rings (SSSR count). The smallest absolute Gasteiger partial charge is 0.262 e. The molecule has 1 unspecified atom stereocenters. The third kappa shape index (κ3) is 6.64. The molecule has 0 aromatic heterocycles. The van der Waals surface area contributed by atoms with Crippen LogP contribution in [-0.2, 0) is 40.3 Å². The SMILES string of the molecule is CC1(C)[C@H](NC(=O)c2ccc3c(c2)CCN(CC(=O)N2Cc4cc5c(cc4C2)C(=O)N(C2CCC(=O)NC2=O)C5=O)CC3)C(C)(C)[C@H]1Oc1ccc(C#N)c(Cl)c1. The van der Waals surface area contributed by atoms with Crippen molar-refractivity contribution in [2.45, 2.75) is 84.7 Å². The summed E-state index contributed by atoms with van der Waals surface area (Å²) in [5.41, 5.74) is 4.37. The standard InChI is InChI=1S/C43H43ClN6O7/c1-42(2)40(43(3,4)41(42)57-29-8-7-26(19-45)32(44)18-29)47-36(53)25-6-5-23-11-13-48(14-12-24(23)15-25)22-35(52)49-20-27-16-30-31(17-28(27)21-49)39(56)50(38(30)55)33-9-10-34(51)46-37(33)54/h5-8,15-18,33,40-41H,9-14,20-22H2,1-4H3,(H,47,53)(H,46,51,54)/t33?,40-,41-. The minimum Gasteiger partial charge on any atom is -0.489 e. The van der Waals surface area contributed by atoms with Crippen LogP contribution < -0.4 is 15.4 Å². The molecular weight excluding hydrogens is 748 g/mol. The highest BCUT2D eigenvalue weighted by atomic mass is 35.5. The van der Waals surface area contributed by atoms with E-state index >= 15 is 0 Å². The zero-order valence-corrected chi connectivity index (χ0v) is 33.0. The molecule has 57 heavy (non-hydrogen) atoms. The maximum absolute atomic E-state index is 13.7. The fourth-order valence-electron chi connectivity index (χ4n) is 9.72. The number of carbonyl (C=O) groups excluding carboxylic acids is 6. The van der Waals surface area contributed by atoms with E-state index in [9.17, 15) is 34.0 Å². The first-order valence-corrected chi connectivity index (χ1v) is 19.6. The number of fused-ring (bicyclic) bond motifs is 3. The van der Waals surface area contributed by atoms with Crippen molar-refractivity contribution >= 4 is 47.0 Å². The Hall–Kier alpha value is -5.58. The number of carbonyl (C=O) groups is 6. The minimum atomic E-state index is -1.03. The highest BCUT2D eigenvalue weighted by Gasteiger charge is 2.64. The number of benzene rings is 3. The van der Waals surface area contributed by atoms with Crippen LogP contribution in [0, 0.1) is 22.2 Å². The average Bonchev–Trinajstić information content (AvgIpc) is 3.62. The van der Waals surface area contributed by atoms with E-state index in [-0.39, 0.29) is 54.5 Å². The van der Waals surface area contributed by atoms with E-state index in [0.717, 1.165) is 33.6 Å². The number of amides is 6. The van der Waals surface area contributed by atoms with Gasteiger partial charge in [-0.25, -0.2) is 0 Å². The molecule has 4 heterocycles. The maximum atomic E-state index is 13.7. The van der Waals surface area contributed by atoms with Gasteiger partial charge in [0.1, 0.15) is 24.0 Å². The van der Waals surface area contributed by atoms with Crippen molar-refractivity contribution in [3.05, 3.63) is 98.1 Å². The summed E-state index contributed by atoms with van der Waals surface area (Å²) in [7, 11) is 0. The van der Waals surface area contributed by atoms with Crippen molar-refractivity contribution in [3.63, 3.8) is 0 Å². The van der Waals surface area contributed by atoms with Crippen molar-refractivity contribution in [3.8, 4) is 11.8 Å². The van der Waals surface area contributed by atoms with Gasteiger partial charge in [-0.1, -0.05) is 45.4 Å². The fraction of sp³-hybridized carbons (Fsp3) is 0.419. The van der Waals surface area contributed by atoms with E-state index in [1.54, 1.807) is 35.2 Å². The van der Waals surface area contributed by atoms with Gasteiger partial charge in [0.2, 0.25) is 17.7 Å². The Morgan fingerprint density at radius 3 is 2.14 bits per heavy atom. The summed E-state index contributed by atoms with van der Waals surface area (Å²) in [5.74, 6) is -1.86. The number of nitrogens with zero attached hydrogens (tertiary/aromatic N) is 4. The Balaban J connectivity index is 0.863. The Kier molecular flexibility index (Phi) is 9.48. The Bertz CT molecular complexity index is 2270. The Labute approximate surface area is 335 Å². The van der Waals surface area contributed by atoms with E-state index in [1.165, 1.54) is 0 Å². The number of hydrogen-bond acceptors (Lipinski definition) is 9. The van der Waals surface area contributed by atoms with Gasteiger partial charge >= 0.3 is 0 Å². The number of ether oxygens (including phenoxy) is 1. The molecule has 1 atom stereocenters. The van der Waals surface area contributed by atoms with Crippen LogP contribution in [0.3, 0.4) is 0 Å². The number of halogens is 1. The molecule has 0 bridgehead atoms. The summed E-state index contributed by atoms with van der Waals surface area (Å²) in [6.07, 6.45) is 1.32. The predicted molar refractivity (Wildman–Crippen MR) is 207 cm³/mol. The van der Waals surface area contributed by atoms with Crippen LogP contribution in [0.2, 0.25) is 5.02 Å². The van der Waals surface area contributed by atoms with Gasteiger partial charge in [0, 0.05) is 61.1 Å². The first-order chi connectivity index (χ1) is 27.1. The molecule has 0 spiro atoms. The molecule has 2 fully saturated rings. The largest absolute Gasteiger partial charge is 0.489 e. The highest BCUT2D eigenvalue weighted by molar-refractivity contribution is 6.31. The number of hydrogen-bond donors (Lipinski definition) is 2. The maximum Gasteiger partial charge on any atom is 0.262 e. The van der Waals surface area contributed by atoms with Crippen molar-refractivity contribution in [2.24, 2.45) is 10.8 Å². The lowest BCUT2D eigenvalue weighted by Gasteiger charge is -2.63. The van der Waals surface area contributed by atoms with Crippen molar-refractivity contribution in [1.29, 1.82) is 5.26 Å². The van der Waals surface area contributed by atoms with Gasteiger partial charge in [-0.15, -0.1) is 0 Å². The Morgan fingerprint density at radius 1 is 0.877 bits per heavy atom. The number of imide groups is 2. The lowest BCUT2D eigenvalue weighted by molar-refractivity contribution is -0.164. The topological polar surface area (TPSA) is 169 Å². The quantitative estimate of drug-likeness (QED) is 0.334. The van der Waals surface area contributed by atoms with Gasteiger partial charge in [0.25, 0.3) is 17.7 Å². The molecule has 294 valence electrons. The molecule has 2 N–H and O–H groups in total. The predicted octanol–water partition coefficient (Wildman–Crippen LogP) is 4.17. The van der Waals surface area contributed by atoms with Crippen LogP contribution >= 0.6 is 11.6 Å². The lowest BCUT2D eigenvalue weighted by Crippen LogP contribution is -2.74. The summed E-state index contributed by atoms with van der Waals surface area (Å²) in [4.78, 5) is 82.8. The van der Waals surface area contributed by atoms with Gasteiger partial charge in [0.15, 0.2) is 0 Å². The van der Waals surface area contributed by atoms with E-state index in [4.69, 9.17) is 16.3 Å². The summed E-state index contributed by atoms with van der Waals surface area (Å²) in [6.45, 7) is 10.4. The normalized spacial score (nSPS) is 23.4. The van der Waals surface area contributed by atoms with Gasteiger partial charge in [-0.2, -0.15) is 5.26 Å². The highest BCUT2D eigenvalue weighted by Crippen LogP contribution is 2.55. The molecule has 5 aliphatic rings. The van der Waals surface area contributed by atoms with E-state index in [1.807, 2.05) is 18.2 Å². The second kappa shape index (κ2) is 14.1. The lowest BCUT2D eigenvalue weighted by atomic mass is 9.49. The van der Waals surface area contributed by atoms with E-state index in [2.05, 4.69) is 49.3 Å². The Morgan fingerprint density at radius 2 is 1.53 bits per heavy atom. The number of piperidine rings is 1. The minimum absolute atomic E-state index is 0.0502. The van der Waals surface area contributed by atoms with E-state index < -0.39 is 40.5 Å².